The molecule has 0 aliphatic rings. The maximum atomic E-state index is 11.5. The normalized spacial score (nSPS) is 14.4. The lowest BCUT2D eigenvalue weighted by Gasteiger charge is -2.26. The molecule has 0 saturated carbocycles. The molecule has 1 atom stereocenters. The standard InChI is InChI=1S/C23H36N2O2/c1-13(20(26)27)24-18-15-11-14(21(2,3)4)12-16(22(5,6)7)17(15)25-19(18)23(8,9)10/h11-13,24-25H,1-10H3,(H,26,27). The van der Waals surface area contributed by atoms with Crippen LogP contribution < -0.4 is 5.32 Å². The number of fused-ring (bicyclic) bond motifs is 1. The van der Waals surface area contributed by atoms with Crippen molar-refractivity contribution in [1.29, 1.82) is 0 Å². The Kier molecular flexibility index (Phi) is 5.19. The molecular weight excluding hydrogens is 336 g/mol. The summed E-state index contributed by atoms with van der Waals surface area (Å²) in [6.45, 7) is 21.4. The highest BCUT2D eigenvalue weighted by Crippen LogP contribution is 2.42. The van der Waals surface area contributed by atoms with Crippen LogP contribution in [0.2, 0.25) is 0 Å². The summed E-state index contributed by atoms with van der Waals surface area (Å²) < 4.78 is 0. The Bertz CT molecular complexity index is 856. The predicted octanol–water partition coefficient (Wildman–Crippen LogP) is 5.95. The molecule has 0 spiro atoms. The number of carboxylic acids is 1. The number of aliphatic carboxylic acids is 1. The molecule has 3 N–H and O–H groups in total. The van der Waals surface area contributed by atoms with Gasteiger partial charge in [-0.3, -0.25) is 4.79 Å². The highest BCUT2D eigenvalue weighted by molar-refractivity contribution is 5.99. The number of H-pyrrole nitrogens is 1. The first-order chi connectivity index (χ1) is 12.0. The Labute approximate surface area is 163 Å². The lowest BCUT2D eigenvalue weighted by Crippen LogP contribution is -2.27. The Balaban J connectivity index is 2.93. The third kappa shape index (κ3) is 4.31. The van der Waals surface area contributed by atoms with E-state index in [9.17, 15) is 9.90 Å². The minimum Gasteiger partial charge on any atom is -0.480 e. The summed E-state index contributed by atoms with van der Waals surface area (Å²) >= 11 is 0. The summed E-state index contributed by atoms with van der Waals surface area (Å²) in [6, 6.07) is 3.85. The van der Waals surface area contributed by atoms with E-state index in [2.05, 4.69) is 84.7 Å². The zero-order valence-electron chi connectivity index (χ0n) is 18.6. The number of aromatic nitrogens is 1. The molecule has 1 unspecified atom stereocenters. The number of carboxylic acid groups (broad SMARTS) is 1. The lowest BCUT2D eigenvalue weighted by molar-refractivity contribution is -0.137. The van der Waals surface area contributed by atoms with Gasteiger partial charge in [-0.1, -0.05) is 68.4 Å². The summed E-state index contributed by atoms with van der Waals surface area (Å²) in [5.41, 5.74) is 5.39. The molecule has 2 aromatic rings. The van der Waals surface area contributed by atoms with Crippen molar-refractivity contribution in [3.8, 4) is 0 Å². The molecule has 2 rings (SSSR count). The molecule has 1 heterocycles. The fraction of sp³-hybridized carbons (Fsp3) is 0.609. The van der Waals surface area contributed by atoms with Crippen LogP contribution in [0.1, 0.15) is 86.1 Å². The average Bonchev–Trinajstić information content (AvgIpc) is 2.83. The second-order valence-corrected chi connectivity index (χ2v) is 10.8. The van der Waals surface area contributed by atoms with Crippen LogP contribution in [-0.2, 0) is 21.0 Å². The van der Waals surface area contributed by atoms with Gasteiger partial charge in [0, 0.05) is 16.5 Å². The Morgan fingerprint density at radius 3 is 1.93 bits per heavy atom. The first-order valence-electron chi connectivity index (χ1n) is 9.74. The fourth-order valence-electron chi connectivity index (χ4n) is 3.31. The van der Waals surface area contributed by atoms with Crippen LogP contribution >= 0.6 is 0 Å². The minimum absolute atomic E-state index is 0.00302. The van der Waals surface area contributed by atoms with Gasteiger partial charge in [0.15, 0.2) is 0 Å². The second-order valence-electron chi connectivity index (χ2n) is 10.8. The van der Waals surface area contributed by atoms with Crippen molar-refractivity contribution in [3.05, 3.63) is 29.0 Å². The zero-order chi connectivity index (χ0) is 20.9. The van der Waals surface area contributed by atoms with Gasteiger partial charge in [0.25, 0.3) is 0 Å². The van der Waals surface area contributed by atoms with Gasteiger partial charge in [0.1, 0.15) is 6.04 Å². The number of aromatic amines is 1. The van der Waals surface area contributed by atoms with E-state index in [0.717, 1.165) is 22.3 Å². The van der Waals surface area contributed by atoms with Crippen molar-refractivity contribution in [2.24, 2.45) is 0 Å². The molecule has 1 aromatic carbocycles. The number of nitrogens with one attached hydrogen (secondary N) is 2. The lowest BCUT2D eigenvalue weighted by atomic mass is 9.79. The molecule has 0 radical (unpaired) electrons. The zero-order valence-corrected chi connectivity index (χ0v) is 18.6. The van der Waals surface area contributed by atoms with Gasteiger partial charge in [-0.25, -0.2) is 0 Å². The average molecular weight is 373 g/mol. The molecule has 0 bridgehead atoms. The van der Waals surface area contributed by atoms with Gasteiger partial charge in [-0.05, 0) is 34.9 Å². The smallest absolute Gasteiger partial charge is 0.325 e. The van der Waals surface area contributed by atoms with Crippen LogP contribution in [0.25, 0.3) is 10.9 Å². The molecular formula is C23H36N2O2. The number of benzene rings is 1. The van der Waals surface area contributed by atoms with E-state index in [4.69, 9.17) is 0 Å². The quantitative estimate of drug-likeness (QED) is 0.624. The number of carbonyl (C=O) groups is 1. The topological polar surface area (TPSA) is 65.1 Å². The fourth-order valence-corrected chi connectivity index (χ4v) is 3.31. The Hall–Kier alpha value is -1.97. The summed E-state index contributed by atoms with van der Waals surface area (Å²) in [4.78, 5) is 15.1. The molecule has 4 heteroatoms. The van der Waals surface area contributed by atoms with Gasteiger partial charge < -0.3 is 15.4 Å². The van der Waals surface area contributed by atoms with Crippen LogP contribution in [0.4, 0.5) is 5.69 Å². The van der Waals surface area contributed by atoms with Gasteiger partial charge >= 0.3 is 5.97 Å². The van der Waals surface area contributed by atoms with Crippen LogP contribution in [0, 0.1) is 0 Å². The van der Waals surface area contributed by atoms with Crippen molar-refractivity contribution in [2.75, 3.05) is 5.32 Å². The third-order valence-corrected chi connectivity index (χ3v) is 5.06. The van der Waals surface area contributed by atoms with Gasteiger partial charge in [0.05, 0.1) is 11.2 Å². The largest absolute Gasteiger partial charge is 0.480 e. The van der Waals surface area contributed by atoms with Gasteiger partial charge in [-0.15, -0.1) is 0 Å². The van der Waals surface area contributed by atoms with E-state index in [1.54, 1.807) is 6.92 Å². The van der Waals surface area contributed by atoms with Crippen molar-refractivity contribution in [2.45, 2.75) is 91.5 Å². The van der Waals surface area contributed by atoms with E-state index in [0.29, 0.717) is 0 Å². The van der Waals surface area contributed by atoms with E-state index in [-0.39, 0.29) is 16.2 Å². The number of hydrogen-bond acceptors (Lipinski definition) is 2. The first-order valence-corrected chi connectivity index (χ1v) is 9.74. The SMILES string of the molecule is CC(Nc1c(C(C)(C)C)[nH]c2c(C(C)(C)C)cc(C(C)(C)C)cc12)C(=O)O. The summed E-state index contributed by atoms with van der Waals surface area (Å²) in [5.74, 6) is -0.854. The molecule has 150 valence electrons. The Morgan fingerprint density at radius 2 is 1.52 bits per heavy atom. The second kappa shape index (κ2) is 6.57. The molecule has 0 aliphatic heterocycles. The maximum Gasteiger partial charge on any atom is 0.325 e. The molecule has 1 aromatic heterocycles. The van der Waals surface area contributed by atoms with Gasteiger partial charge in [0.2, 0.25) is 0 Å². The van der Waals surface area contributed by atoms with Crippen molar-refractivity contribution in [1.82, 2.24) is 4.98 Å². The van der Waals surface area contributed by atoms with Crippen molar-refractivity contribution in [3.63, 3.8) is 0 Å². The highest BCUT2D eigenvalue weighted by Gasteiger charge is 2.29. The summed E-state index contributed by atoms with van der Waals surface area (Å²) in [6.07, 6.45) is 0. The number of anilines is 1. The summed E-state index contributed by atoms with van der Waals surface area (Å²) in [5, 5.41) is 13.8. The highest BCUT2D eigenvalue weighted by atomic mass is 16.4. The van der Waals surface area contributed by atoms with E-state index in [1.165, 1.54) is 11.1 Å². The molecule has 4 nitrogen and oxygen atoms in total. The van der Waals surface area contributed by atoms with Crippen LogP contribution in [0.5, 0.6) is 0 Å². The summed E-state index contributed by atoms with van der Waals surface area (Å²) in [7, 11) is 0. The molecule has 0 aliphatic carbocycles. The van der Waals surface area contributed by atoms with E-state index < -0.39 is 12.0 Å². The minimum atomic E-state index is -0.854. The number of rotatable bonds is 3. The van der Waals surface area contributed by atoms with Crippen molar-refractivity contribution < 1.29 is 9.90 Å². The Morgan fingerprint density at radius 1 is 0.963 bits per heavy atom. The van der Waals surface area contributed by atoms with Gasteiger partial charge in [-0.2, -0.15) is 0 Å². The maximum absolute atomic E-state index is 11.5. The number of hydrogen-bond donors (Lipinski definition) is 3. The first kappa shape index (κ1) is 21.3. The van der Waals surface area contributed by atoms with Crippen LogP contribution in [0.3, 0.4) is 0 Å². The van der Waals surface area contributed by atoms with E-state index >= 15 is 0 Å². The molecule has 0 saturated heterocycles. The molecule has 0 amide bonds. The van der Waals surface area contributed by atoms with Crippen LogP contribution in [-0.4, -0.2) is 22.1 Å². The molecule has 27 heavy (non-hydrogen) atoms. The van der Waals surface area contributed by atoms with Crippen molar-refractivity contribution >= 4 is 22.6 Å². The predicted molar refractivity (Wildman–Crippen MR) is 115 cm³/mol. The monoisotopic (exact) mass is 372 g/mol. The molecule has 0 fully saturated rings. The van der Waals surface area contributed by atoms with E-state index in [1.807, 2.05) is 0 Å². The van der Waals surface area contributed by atoms with Crippen LogP contribution in [0.15, 0.2) is 12.1 Å². The third-order valence-electron chi connectivity index (χ3n) is 5.06.